The van der Waals surface area contributed by atoms with Crippen molar-refractivity contribution in [2.45, 2.75) is 20.0 Å². The molecule has 3 N–H and O–H groups in total. The molecule has 0 heterocycles. The van der Waals surface area contributed by atoms with Crippen LogP contribution in [0.2, 0.25) is 5.02 Å². The lowest BCUT2D eigenvalue weighted by molar-refractivity contribution is 0.0980. The molecule has 0 saturated heterocycles. The summed E-state index contributed by atoms with van der Waals surface area (Å²) < 4.78 is 5.44. The van der Waals surface area contributed by atoms with Crippen LogP contribution < -0.4 is 10.1 Å². The van der Waals surface area contributed by atoms with Gasteiger partial charge >= 0.3 is 0 Å². The number of hydrogen-bond acceptors (Lipinski definition) is 4. The first kappa shape index (κ1) is 16.2. The van der Waals surface area contributed by atoms with E-state index < -0.39 is 6.10 Å². The fourth-order valence-corrected chi connectivity index (χ4v) is 1.63. The van der Waals surface area contributed by atoms with Crippen LogP contribution >= 0.6 is 11.6 Å². The minimum absolute atomic E-state index is 0.103. The first-order valence-electron chi connectivity index (χ1n) is 6.31. The zero-order valence-corrected chi connectivity index (χ0v) is 12.2. The van der Waals surface area contributed by atoms with Gasteiger partial charge in [-0.1, -0.05) is 37.6 Å². The number of aliphatic hydroxyl groups is 2. The van der Waals surface area contributed by atoms with E-state index in [4.69, 9.17) is 21.4 Å². The van der Waals surface area contributed by atoms with Gasteiger partial charge in [0.1, 0.15) is 18.5 Å². The number of hydrogen-bond donors (Lipinski definition) is 3. The summed E-state index contributed by atoms with van der Waals surface area (Å²) in [6.07, 6.45) is -0.620. The number of ether oxygens (including phenoxy) is 1. The summed E-state index contributed by atoms with van der Waals surface area (Å²) in [5.74, 6) is 0.568. The number of rotatable bonds is 8. The van der Waals surface area contributed by atoms with E-state index in [2.05, 4.69) is 5.32 Å². The van der Waals surface area contributed by atoms with Gasteiger partial charge in [-0.3, -0.25) is 0 Å². The van der Waals surface area contributed by atoms with Crippen LogP contribution in [0.1, 0.15) is 13.8 Å². The molecule has 1 aromatic rings. The quantitative estimate of drug-likeness (QED) is 0.681. The van der Waals surface area contributed by atoms with Gasteiger partial charge in [0, 0.05) is 25.1 Å². The maximum absolute atomic E-state index is 9.78. The highest BCUT2D eigenvalue weighted by Gasteiger charge is 2.16. The Hall–Kier alpha value is -0.810. The van der Waals surface area contributed by atoms with Crippen molar-refractivity contribution >= 4 is 11.6 Å². The molecule has 0 fully saturated rings. The maximum atomic E-state index is 9.78. The molecule has 0 amide bonds. The van der Waals surface area contributed by atoms with Crippen LogP contribution in [0.5, 0.6) is 5.75 Å². The van der Waals surface area contributed by atoms with Gasteiger partial charge in [0.15, 0.2) is 0 Å². The number of nitrogens with one attached hydrogen (secondary N) is 1. The molecule has 1 rings (SSSR count). The molecule has 0 saturated carbocycles. The second-order valence-corrected chi connectivity index (χ2v) is 5.76. The second kappa shape index (κ2) is 7.70. The fraction of sp³-hybridized carbons (Fsp3) is 0.571. The fourth-order valence-electron chi connectivity index (χ4n) is 1.44. The van der Waals surface area contributed by atoms with Gasteiger partial charge in [-0.15, -0.1) is 0 Å². The lowest BCUT2D eigenvalue weighted by Crippen LogP contribution is -2.38. The minimum atomic E-state index is -0.620. The van der Waals surface area contributed by atoms with E-state index in [9.17, 15) is 5.11 Å². The molecule has 0 aliphatic rings. The lowest BCUT2D eigenvalue weighted by atomic mass is 9.95. The molecule has 5 heteroatoms. The summed E-state index contributed by atoms with van der Waals surface area (Å²) >= 11 is 5.94. The normalized spacial score (nSPS) is 13.3. The van der Waals surface area contributed by atoms with Crippen LogP contribution in [0.4, 0.5) is 0 Å². The predicted octanol–water partition coefficient (Wildman–Crippen LogP) is 1.69. The van der Waals surface area contributed by atoms with E-state index in [0.717, 1.165) is 0 Å². The summed E-state index contributed by atoms with van der Waals surface area (Å²) in [4.78, 5) is 0. The molecule has 1 atom stereocenters. The largest absolute Gasteiger partial charge is 0.489 e. The van der Waals surface area contributed by atoms with Crippen molar-refractivity contribution < 1.29 is 14.9 Å². The summed E-state index contributed by atoms with van der Waals surface area (Å²) in [6.45, 7) is 5.22. The first-order chi connectivity index (χ1) is 8.94. The van der Waals surface area contributed by atoms with Gasteiger partial charge < -0.3 is 20.3 Å². The standard InChI is InChI=1S/C14H22ClNO3/c1-14(2,10-17)9-16-7-11(18)8-19-13-6-4-3-5-12(13)15/h3-6,11,16-18H,7-10H2,1-2H3. The zero-order valence-electron chi connectivity index (χ0n) is 11.4. The number of para-hydroxylation sites is 1. The highest BCUT2D eigenvalue weighted by atomic mass is 35.5. The third-order valence-corrected chi connectivity index (χ3v) is 2.99. The van der Waals surface area contributed by atoms with Crippen molar-refractivity contribution in [2.24, 2.45) is 5.41 Å². The monoisotopic (exact) mass is 287 g/mol. The highest BCUT2D eigenvalue weighted by Crippen LogP contribution is 2.23. The molecule has 0 radical (unpaired) electrons. The Morgan fingerprint density at radius 2 is 2.05 bits per heavy atom. The van der Waals surface area contributed by atoms with E-state index in [1.807, 2.05) is 26.0 Å². The zero-order chi connectivity index (χ0) is 14.3. The molecule has 108 valence electrons. The SMILES string of the molecule is CC(C)(CO)CNCC(O)COc1ccccc1Cl. The Morgan fingerprint density at radius 3 is 2.68 bits per heavy atom. The molecular formula is C14H22ClNO3. The van der Waals surface area contributed by atoms with Crippen molar-refractivity contribution in [3.8, 4) is 5.75 Å². The molecule has 0 spiro atoms. The summed E-state index contributed by atoms with van der Waals surface area (Å²) in [7, 11) is 0. The number of halogens is 1. The molecule has 0 bridgehead atoms. The Labute approximate surface area is 119 Å². The maximum Gasteiger partial charge on any atom is 0.138 e. The Bertz CT molecular complexity index is 385. The highest BCUT2D eigenvalue weighted by molar-refractivity contribution is 6.32. The van der Waals surface area contributed by atoms with E-state index in [1.165, 1.54) is 0 Å². The van der Waals surface area contributed by atoms with Gasteiger partial charge in [0.25, 0.3) is 0 Å². The molecule has 19 heavy (non-hydrogen) atoms. The average Bonchev–Trinajstić information content (AvgIpc) is 2.37. The van der Waals surface area contributed by atoms with E-state index in [0.29, 0.717) is 23.9 Å². The molecule has 1 unspecified atom stereocenters. The van der Waals surface area contributed by atoms with Crippen LogP contribution in [0.25, 0.3) is 0 Å². The van der Waals surface area contributed by atoms with Crippen molar-refractivity contribution in [1.29, 1.82) is 0 Å². The topological polar surface area (TPSA) is 61.7 Å². The van der Waals surface area contributed by atoms with E-state index in [-0.39, 0.29) is 18.6 Å². The average molecular weight is 288 g/mol. The third kappa shape index (κ3) is 6.25. The van der Waals surface area contributed by atoms with Crippen molar-refractivity contribution in [3.63, 3.8) is 0 Å². The molecule has 4 nitrogen and oxygen atoms in total. The Kier molecular flexibility index (Phi) is 6.58. The first-order valence-corrected chi connectivity index (χ1v) is 6.69. The van der Waals surface area contributed by atoms with Crippen molar-refractivity contribution in [2.75, 3.05) is 26.3 Å². The van der Waals surface area contributed by atoms with E-state index >= 15 is 0 Å². The minimum Gasteiger partial charge on any atom is -0.489 e. The third-order valence-electron chi connectivity index (χ3n) is 2.68. The van der Waals surface area contributed by atoms with Crippen LogP contribution in [-0.4, -0.2) is 42.6 Å². The second-order valence-electron chi connectivity index (χ2n) is 5.35. The summed E-state index contributed by atoms with van der Waals surface area (Å²) in [6, 6.07) is 7.16. The predicted molar refractivity (Wildman–Crippen MR) is 76.7 cm³/mol. The van der Waals surface area contributed by atoms with Crippen molar-refractivity contribution in [3.05, 3.63) is 29.3 Å². The van der Waals surface area contributed by atoms with Gasteiger partial charge in [0.05, 0.1) is 5.02 Å². The van der Waals surface area contributed by atoms with Crippen molar-refractivity contribution in [1.82, 2.24) is 5.32 Å². The van der Waals surface area contributed by atoms with Gasteiger partial charge in [-0.05, 0) is 12.1 Å². The van der Waals surface area contributed by atoms with Gasteiger partial charge in [-0.2, -0.15) is 0 Å². The Morgan fingerprint density at radius 1 is 1.37 bits per heavy atom. The Balaban J connectivity index is 2.25. The molecule has 0 aliphatic carbocycles. The van der Waals surface area contributed by atoms with E-state index in [1.54, 1.807) is 12.1 Å². The van der Waals surface area contributed by atoms with Gasteiger partial charge in [0.2, 0.25) is 0 Å². The molecule has 1 aromatic carbocycles. The molecule has 0 aromatic heterocycles. The van der Waals surface area contributed by atoms with Gasteiger partial charge in [-0.25, -0.2) is 0 Å². The van der Waals surface area contributed by atoms with Crippen LogP contribution in [0.15, 0.2) is 24.3 Å². The number of benzene rings is 1. The smallest absolute Gasteiger partial charge is 0.138 e. The molecule has 0 aliphatic heterocycles. The molecular weight excluding hydrogens is 266 g/mol. The lowest BCUT2D eigenvalue weighted by Gasteiger charge is -2.23. The summed E-state index contributed by atoms with van der Waals surface area (Å²) in [5.41, 5.74) is -0.191. The van der Waals surface area contributed by atoms with Crippen LogP contribution in [-0.2, 0) is 0 Å². The summed E-state index contributed by atoms with van der Waals surface area (Å²) in [5, 5.41) is 22.5. The number of aliphatic hydroxyl groups excluding tert-OH is 2. The van der Waals surface area contributed by atoms with Crippen LogP contribution in [0, 0.1) is 5.41 Å². The van der Waals surface area contributed by atoms with Crippen LogP contribution in [0.3, 0.4) is 0 Å².